The molecule has 3 heterocycles. The second kappa shape index (κ2) is 6.46. The van der Waals surface area contributed by atoms with E-state index in [0.29, 0.717) is 0 Å². The Kier molecular flexibility index (Phi) is 3.94. The van der Waals surface area contributed by atoms with E-state index >= 15 is 0 Å². The third-order valence-electron chi connectivity index (χ3n) is 5.88. The van der Waals surface area contributed by atoms with E-state index in [9.17, 15) is 4.79 Å². The number of rotatable bonds is 2. The second-order valence-electron chi connectivity index (χ2n) is 7.66. The van der Waals surface area contributed by atoms with Gasteiger partial charge in [0.25, 0.3) is 5.91 Å². The molecular formula is C23H25N3O. The molecule has 1 amide bonds. The third kappa shape index (κ3) is 2.90. The van der Waals surface area contributed by atoms with Crippen molar-refractivity contribution in [1.29, 1.82) is 0 Å². The maximum atomic E-state index is 12.0. The van der Waals surface area contributed by atoms with Gasteiger partial charge in [-0.25, -0.2) is 0 Å². The number of hydrogen-bond acceptors (Lipinski definition) is 3. The van der Waals surface area contributed by atoms with Crippen molar-refractivity contribution in [3.8, 4) is 0 Å². The van der Waals surface area contributed by atoms with E-state index in [1.807, 2.05) is 12.3 Å². The number of hydrogen-bond donors (Lipinski definition) is 1. The Balaban J connectivity index is 0.00000192. The molecule has 1 aliphatic carbocycles. The van der Waals surface area contributed by atoms with Crippen LogP contribution in [0.4, 0.5) is 0 Å². The van der Waals surface area contributed by atoms with Crippen molar-refractivity contribution in [1.82, 2.24) is 15.2 Å². The van der Waals surface area contributed by atoms with E-state index in [-0.39, 0.29) is 7.33 Å². The summed E-state index contributed by atoms with van der Waals surface area (Å²) in [6, 6.07) is 8.54. The third-order valence-corrected chi connectivity index (χ3v) is 5.88. The molecule has 2 aliphatic heterocycles. The van der Waals surface area contributed by atoms with Crippen LogP contribution in [0.25, 0.3) is 11.1 Å². The summed E-state index contributed by atoms with van der Waals surface area (Å²) in [5.41, 5.74) is 9.44. The highest BCUT2D eigenvalue weighted by Crippen LogP contribution is 2.35. The summed E-state index contributed by atoms with van der Waals surface area (Å²) in [6.45, 7) is 2.82. The number of benzene rings is 1. The van der Waals surface area contributed by atoms with Gasteiger partial charge < -0.3 is 10.2 Å². The van der Waals surface area contributed by atoms with E-state index in [4.69, 9.17) is 4.98 Å². The van der Waals surface area contributed by atoms with Crippen LogP contribution >= 0.6 is 0 Å². The molecule has 0 fully saturated rings. The maximum absolute atomic E-state index is 12.0. The van der Waals surface area contributed by atoms with Gasteiger partial charge in [-0.2, -0.15) is 0 Å². The molecule has 27 heavy (non-hydrogen) atoms. The Hall–Kier alpha value is -2.72. The van der Waals surface area contributed by atoms with Crippen LogP contribution in [0.5, 0.6) is 0 Å². The van der Waals surface area contributed by atoms with Crippen LogP contribution in [0.1, 0.15) is 46.2 Å². The number of carbonyl (C=O) groups excluding carboxylic acids is 1. The molecule has 5 rings (SSSR count). The zero-order valence-corrected chi connectivity index (χ0v) is 15.6. The minimum Gasteiger partial charge on any atom is -0.352 e. The SMILES string of the molecule is CN1CC=C(c2cnc3c(c2)C(c2ccc4c(c2)CCNC4=O)=CC3)CC1.[HH]. The highest BCUT2D eigenvalue weighted by atomic mass is 16.1. The van der Waals surface area contributed by atoms with Crippen LogP contribution in [-0.4, -0.2) is 42.5 Å². The maximum Gasteiger partial charge on any atom is 0.251 e. The van der Waals surface area contributed by atoms with Gasteiger partial charge >= 0.3 is 0 Å². The first-order chi connectivity index (χ1) is 13.2. The topological polar surface area (TPSA) is 45.2 Å². The van der Waals surface area contributed by atoms with E-state index in [1.54, 1.807) is 0 Å². The predicted molar refractivity (Wildman–Crippen MR) is 110 cm³/mol. The summed E-state index contributed by atoms with van der Waals surface area (Å²) in [6.07, 6.45) is 9.48. The molecule has 1 N–H and O–H groups in total. The van der Waals surface area contributed by atoms with Crippen LogP contribution in [0.15, 0.2) is 42.6 Å². The van der Waals surface area contributed by atoms with Crippen molar-refractivity contribution in [3.63, 3.8) is 0 Å². The molecule has 0 unspecified atom stereocenters. The number of carbonyl (C=O) groups is 1. The molecule has 3 aliphatic rings. The van der Waals surface area contributed by atoms with Gasteiger partial charge in [0, 0.05) is 44.8 Å². The molecule has 0 saturated heterocycles. The van der Waals surface area contributed by atoms with Crippen molar-refractivity contribution in [3.05, 3.63) is 76.1 Å². The zero-order valence-electron chi connectivity index (χ0n) is 15.6. The summed E-state index contributed by atoms with van der Waals surface area (Å²) in [7, 11) is 2.16. The number of allylic oxidation sites excluding steroid dienone is 1. The minimum absolute atomic E-state index is 0. The van der Waals surface area contributed by atoms with Crippen LogP contribution in [-0.2, 0) is 12.8 Å². The number of amides is 1. The first-order valence-corrected chi connectivity index (χ1v) is 9.68. The summed E-state index contributed by atoms with van der Waals surface area (Å²) in [4.78, 5) is 19.1. The fraction of sp³-hybridized carbons (Fsp3) is 0.304. The number of fused-ring (bicyclic) bond motifs is 2. The standard InChI is InChI=1S/C23H23N3O.H2/c1-26-10-7-15(8-11-26)18-13-21-19(4-5-22(21)25-14-18)16-2-3-20-17(12-16)6-9-24-23(20)27;/h2-4,7,12-14H,5-6,8-11H2,1H3,(H,24,27);1H. The van der Waals surface area contributed by atoms with Gasteiger partial charge in [-0.3, -0.25) is 9.78 Å². The van der Waals surface area contributed by atoms with Crippen LogP contribution in [0, 0.1) is 0 Å². The molecule has 0 radical (unpaired) electrons. The van der Waals surface area contributed by atoms with Gasteiger partial charge in [-0.1, -0.05) is 24.3 Å². The van der Waals surface area contributed by atoms with Crippen molar-refractivity contribution in [2.45, 2.75) is 19.3 Å². The molecular weight excluding hydrogens is 334 g/mol. The quantitative estimate of drug-likeness (QED) is 0.895. The van der Waals surface area contributed by atoms with Gasteiger partial charge in [0.1, 0.15) is 0 Å². The lowest BCUT2D eigenvalue weighted by molar-refractivity contribution is 0.0946. The minimum atomic E-state index is 0. The highest BCUT2D eigenvalue weighted by Gasteiger charge is 2.22. The molecule has 1 aromatic carbocycles. The van der Waals surface area contributed by atoms with Crippen LogP contribution in [0.2, 0.25) is 0 Å². The normalized spacial score (nSPS) is 19.1. The Morgan fingerprint density at radius 3 is 2.89 bits per heavy atom. The highest BCUT2D eigenvalue weighted by molar-refractivity contribution is 5.97. The first-order valence-electron chi connectivity index (χ1n) is 9.68. The molecule has 1 aromatic heterocycles. The molecule has 0 atom stereocenters. The number of pyridine rings is 1. The van der Waals surface area contributed by atoms with E-state index in [0.717, 1.165) is 55.7 Å². The van der Waals surface area contributed by atoms with Crippen LogP contribution < -0.4 is 5.32 Å². The second-order valence-corrected chi connectivity index (χ2v) is 7.66. The Bertz CT molecular complexity index is 1010. The molecule has 4 heteroatoms. The molecule has 0 bridgehead atoms. The van der Waals surface area contributed by atoms with Crippen molar-refractivity contribution in [2.75, 3.05) is 26.7 Å². The number of aromatic nitrogens is 1. The number of nitrogens with zero attached hydrogens (tertiary/aromatic N) is 2. The van der Waals surface area contributed by atoms with Gasteiger partial charge in [-0.05, 0) is 59.9 Å². The van der Waals surface area contributed by atoms with Gasteiger partial charge in [0.2, 0.25) is 0 Å². The molecule has 4 nitrogen and oxygen atoms in total. The van der Waals surface area contributed by atoms with Gasteiger partial charge in [0.15, 0.2) is 0 Å². The average molecular weight is 359 g/mol. The average Bonchev–Trinajstić information content (AvgIpc) is 3.12. The van der Waals surface area contributed by atoms with E-state index in [2.05, 4.69) is 47.6 Å². The van der Waals surface area contributed by atoms with Gasteiger partial charge in [0.05, 0.1) is 5.69 Å². The predicted octanol–water partition coefficient (Wildman–Crippen LogP) is 3.32. The van der Waals surface area contributed by atoms with Crippen molar-refractivity contribution < 1.29 is 6.22 Å². The summed E-state index contributed by atoms with van der Waals surface area (Å²) in [5, 5.41) is 2.92. The lowest BCUT2D eigenvalue weighted by Gasteiger charge is -2.22. The van der Waals surface area contributed by atoms with E-state index < -0.39 is 0 Å². The van der Waals surface area contributed by atoms with Crippen LogP contribution in [0.3, 0.4) is 0 Å². The number of nitrogens with one attached hydrogen (secondary N) is 1. The fourth-order valence-electron chi connectivity index (χ4n) is 4.28. The Morgan fingerprint density at radius 2 is 2.04 bits per heavy atom. The smallest absolute Gasteiger partial charge is 0.251 e. The van der Waals surface area contributed by atoms with Crippen molar-refractivity contribution >= 4 is 17.1 Å². The number of likely N-dealkylation sites (N-methyl/N-ethyl adjacent to an activating group) is 1. The van der Waals surface area contributed by atoms with E-state index in [1.165, 1.54) is 27.8 Å². The van der Waals surface area contributed by atoms with Crippen molar-refractivity contribution in [2.24, 2.45) is 0 Å². The first kappa shape index (κ1) is 16.5. The summed E-state index contributed by atoms with van der Waals surface area (Å²) in [5.74, 6) is 0.0433. The molecule has 0 spiro atoms. The molecule has 2 aromatic rings. The zero-order chi connectivity index (χ0) is 18.4. The lowest BCUT2D eigenvalue weighted by atomic mass is 9.92. The van der Waals surface area contributed by atoms with Gasteiger partial charge in [-0.15, -0.1) is 0 Å². The fourth-order valence-corrected chi connectivity index (χ4v) is 4.28. The summed E-state index contributed by atoms with van der Waals surface area (Å²) < 4.78 is 0. The Labute approximate surface area is 161 Å². The molecule has 138 valence electrons. The monoisotopic (exact) mass is 359 g/mol. The molecule has 0 saturated carbocycles. The largest absolute Gasteiger partial charge is 0.352 e. The Morgan fingerprint density at radius 1 is 1.11 bits per heavy atom. The summed E-state index contributed by atoms with van der Waals surface area (Å²) >= 11 is 0. The lowest BCUT2D eigenvalue weighted by Crippen LogP contribution is -2.31.